The molecule has 0 fully saturated rings. The first-order valence-corrected chi connectivity index (χ1v) is 3.36. The topological polar surface area (TPSA) is 83.0 Å². The number of hydrogen-bond acceptors (Lipinski definition) is 4. The Morgan fingerprint density at radius 3 is 2.92 bits per heavy atom. The number of ketones is 1. The molecule has 0 aliphatic rings. The summed E-state index contributed by atoms with van der Waals surface area (Å²) in [5.74, 6) is -0.572. The molecular weight excluding hydrogens is 160 g/mol. The van der Waals surface area contributed by atoms with Gasteiger partial charge in [-0.15, -0.1) is 0 Å². The maximum absolute atomic E-state index is 11.0. The lowest BCUT2D eigenvalue weighted by molar-refractivity contribution is -0.116. The predicted molar refractivity (Wildman–Crippen MR) is 40.9 cm³/mol. The van der Waals surface area contributed by atoms with E-state index >= 15 is 0 Å². The number of rotatable bonds is 2. The van der Waals surface area contributed by atoms with Crippen molar-refractivity contribution in [3.8, 4) is 5.88 Å². The van der Waals surface area contributed by atoms with Crippen molar-refractivity contribution in [2.24, 2.45) is 0 Å². The Kier molecular flexibility index (Phi) is 2.23. The first-order chi connectivity index (χ1) is 5.61. The molecule has 0 unspecified atom stereocenters. The van der Waals surface area contributed by atoms with Gasteiger partial charge in [0.1, 0.15) is 5.78 Å². The van der Waals surface area contributed by atoms with Crippen LogP contribution < -0.4 is 5.56 Å². The molecule has 0 spiro atoms. The fraction of sp³-hybridized carbons (Fsp3) is 0.286. The van der Waals surface area contributed by atoms with Crippen molar-refractivity contribution in [2.75, 3.05) is 0 Å². The molecule has 0 atom stereocenters. The van der Waals surface area contributed by atoms with E-state index in [0.29, 0.717) is 0 Å². The number of nitrogens with one attached hydrogen (secondary N) is 1. The number of aromatic nitrogens is 2. The Bertz CT molecular complexity index is 356. The zero-order valence-electron chi connectivity index (χ0n) is 6.50. The van der Waals surface area contributed by atoms with Crippen LogP contribution in [-0.4, -0.2) is 20.9 Å². The van der Waals surface area contributed by atoms with Crippen LogP contribution in [0.25, 0.3) is 0 Å². The second kappa shape index (κ2) is 3.17. The minimum absolute atomic E-state index is 0.0185. The number of carbonyl (C=O) groups excluding carboxylic acids is 1. The van der Waals surface area contributed by atoms with Crippen molar-refractivity contribution in [3.05, 3.63) is 22.2 Å². The number of hydrogen-bond donors (Lipinski definition) is 2. The Morgan fingerprint density at radius 2 is 2.42 bits per heavy atom. The van der Waals surface area contributed by atoms with E-state index < -0.39 is 5.56 Å². The van der Waals surface area contributed by atoms with E-state index in [9.17, 15) is 9.59 Å². The number of Topliss-reactive ketones (excluding diaryl/α,β-unsaturated/α-hetero) is 1. The lowest BCUT2D eigenvalue weighted by Crippen LogP contribution is -2.15. The molecule has 0 aromatic carbocycles. The second-order valence-electron chi connectivity index (χ2n) is 2.41. The zero-order chi connectivity index (χ0) is 9.14. The van der Waals surface area contributed by atoms with Gasteiger partial charge in [-0.25, -0.2) is 4.98 Å². The summed E-state index contributed by atoms with van der Waals surface area (Å²) < 4.78 is 0. The number of nitrogens with zero attached hydrogens (tertiary/aromatic N) is 1. The highest BCUT2D eigenvalue weighted by atomic mass is 16.3. The minimum Gasteiger partial charge on any atom is -0.493 e. The summed E-state index contributed by atoms with van der Waals surface area (Å²) in [5, 5.41) is 9.06. The van der Waals surface area contributed by atoms with Crippen LogP contribution in [0.3, 0.4) is 0 Å². The van der Waals surface area contributed by atoms with E-state index in [0.717, 1.165) is 6.33 Å². The lowest BCUT2D eigenvalue weighted by atomic mass is 10.2. The highest BCUT2D eigenvalue weighted by Gasteiger charge is 2.08. The number of aromatic hydroxyl groups is 1. The van der Waals surface area contributed by atoms with Crippen LogP contribution in [0.15, 0.2) is 11.1 Å². The standard InChI is InChI=1S/C7H8N2O3/c1-4(10)2-5-6(11)8-3-9-7(5)12/h3H,2H2,1H3,(H2,8,9,11,12). The van der Waals surface area contributed by atoms with E-state index in [-0.39, 0.29) is 23.6 Å². The molecule has 1 heterocycles. The van der Waals surface area contributed by atoms with Gasteiger partial charge in [0.25, 0.3) is 5.56 Å². The molecule has 0 aliphatic carbocycles. The third kappa shape index (κ3) is 1.69. The lowest BCUT2D eigenvalue weighted by Gasteiger charge is -1.97. The maximum atomic E-state index is 11.0. The third-order valence-corrected chi connectivity index (χ3v) is 1.35. The van der Waals surface area contributed by atoms with Gasteiger partial charge < -0.3 is 10.1 Å². The average molecular weight is 168 g/mol. The molecule has 0 radical (unpaired) electrons. The molecule has 2 N–H and O–H groups in total. The average Bonchev–Trinajstić information content (AvgIpc) is 1.97. The van der Waals surface area contributed by atoms with E-state index in [4.69, 9.17) is 5.11 Å². The Morgan fingerprint density at radius 1 is 1.75 bits per heavy atom. The minimum atomic E-state index is -0.474. The van der Waals surface area contributed by atoms with Gasteiger partial charge in [0.05, 0.1) is 11.9 Å². The summed E-state index contributed by atoms with van der Waals surface area (Å²) in [6.07, 6.45) is 0.996. The molecule has 0 saturated carbocycles. The van der Waals surface area contributed by atoms with Crippen LogP contribution in [0.4, 0.5) is 0 Å². The maximum Gasteiger partial charge on any atom is 0.258 e. The van der Waals surface area contributed by atoms with Crippen molar-refractivity contribution in [1.82, 2.24) is 9.97 Å². The molecule has 0 bridgehead atoms. The van der Waals surface area contributed by atoms with Crippen molar-refractivity contribution in [1.29, 1.82) is 0 Å². The van der Waals surface area contributed by atoms with Crippen LogP contribution in [0.5, 0.6) is 5.88 Å². The van der Waals surface area contributed by atoms with Crippen LogP contribution in [0.1, 0.15) is 12.5 Å². The van der Waals surface area contributed by atoms with Crippen molar-refractivity contribution in [3.63, 3.8) is 0 Å². The quantitative estimate of drug-likeness (QED) is 0.629. The molecule has 64 valence electrons. The molecule has 1 rings (SSSR count). The summed E-state index contributed by atoms with van der Waals surface area (Å²) in [5.41, 5.74) is -0.456. The van der Waals surface area contributed by atoms with E-state index in [1.165, 1.54) is 6.92 Å². The molecular formula is C7H8N2O3. The van der Waals surface area contributed by atoms with Gasteiger partial charge in [-0.1, -0.05) is 0 Å². The smallest absolute Gasteiger partial charge is 0.258 e. The van der Waals surface area contributed by atoms with Gasteiger partial charge in [-0.05, 0) is 6.92 Å². The number of carbonyl (C=O) groups is 1. The fourth-order valence-electron chi connectivity index (χ4n) is 0.827. The van der Waals surface area contributed by atoms with Crippen LogP contribution in [-0.2, 0) is 11.2 Å². The molecule has 1 aromatic heterocycles. The molecule has 12 heavy (non-hydrogen) atoms. The summed E-state index contributed by atoms with van der Waals surface area (Å²) in [6, 6.07) is 0. The van der Waals surface area contributed by atoms with Crippen LogP contribution in [0.2, 0.25) is 0 Å². The fourth-order valence-corrected chi connectivity index (χ4v) is 0.827. The summed E-state index contributed by atoms with van der Waals surface area (Å²) in [4.78, 5) is 27.3. The van der Waals surface area contributed by atoms with Gasteiger partial charge in [0.2, 0.25) is 5.88 Å². The largest absolute Gasteiger partial charge is 0.493 e. The van der Waals surface area contributed by atoms with E-state index in [1.807, 2.05) is 0 Å². The van der Waals surface area contributed by atoms with Crippen molar-refractivity contribution in [2.45, 2.75) is 13.3 Å². The van der Waals surface area contributed by atoms with Crippen molar-refractivity contribution >= 4 is 5.78 Å². The first-order valence-electron chi connectivity index (χ1n) is 3.36. The van der Waals surface area contributed by atoms with Crippen LogP contribution in [0, 0.1) is 0 Å². The summed E-state index contributed by atoms with van der Waals surface area (Å²) in [7, 11) is 0. The van der Waals surface area contributed by atoms with Gasteiger partial charge >= 0.3 is 0 Å². The molecule has 5 heteroatoms. The van der Waals surface area contributed by atoms with Gasteiger partial charge in [-0.3, -0.25) is 9.59 Å². The molecule has 0 aliphatic heterocycles. The SMILES string of the molecule is CC(=O)Cc1c(O)nc[nH]c1=O. The highest BCUT2D eigenvalue weighted by molar-refractivity contribution is 5.78. The Labute approximate surface area is 68.1 Å². The molecule has 5 nitrogen and oxygen atoms in total. The van der Waals surface area contributed by atoms with Gasteiger partial charge in [0.15, 0.2) is 0 Å². The van der Waals surface area contributed by atoms with Crippen LogP contribution >= 0.6 is 0 Å². The predicted octanol–water partition coefficient (Wildman–Crippen LogP) is -0.393. The summed E-state index contributed by atoms with van der Waals surface area (Å²) in [6.45, 7) is 1.34. The van der Waals surface area contributed by atoms with Crippen molar-refractivity contribution < 1.29 is 9.90 Å². The second-order valence-corrected chi connectivity index (χ2v) is 2.41. The molecule has 1 aromatic rings. The molecule has 0 amide bonds. The van der Waals surface area contributed by atoms with E-state index in [1.54, 1.807) is 0 Å². The van der Waals surface area contributed by atoms with Gasteiger partial charge in [-0.2, -0.15) is 0 Å². The van der Waals surface area contributed by atoms with E-state index in [2.05, 4.69) is 9.97 Å². The Hall–Kier alpha value is -1.65. The Balaban J connectivity index is 3.13. The number of aromatic amines is 1. The summed E-state index contributed by atoms with van der Waals surface area (Å²) >= 11 is 0. The third-order valence-electron chi connectivity index (χ3n) is 1.35. The first kappa shape index (κ1) is 8.45. The van der Waals surface area contributed by atoms with Gasteiger partial charge in [0, 0.05) is 6.42 Å². The normalized spacial score (nSPS) is 9.75. The highest BCUT2D eigenvalue weighted by Crippen LogP contribution is 2.06. The molecule has 0 saturated heterocycles. The monoisotopic (exact) mass is 168 g/mol. The number of H-pyrrole nitrogens is 1. The zero-order valence-corrected chi connectivity index (χ0v) is 6.50.